The fourth-order valence-electron chi connectivity index (χ4n) is 2.20. The number of amides is 2. The highest BCUT2D eigenvalue weighted by molar-refractivity contribution is 6.12. The molecule has 1 N–H and O–H groups in total. The number of hydrogen-bond acceptors (Lipinski definition) is 2. The Morgan fingerprint density at radius 1 is 1.17 bits per heavy atom. The lowest BCUT2D eigenvalue weighted by Crippen LogP contribution is -2.55. The van der Waals surface area contributed by atoms with Crippen LogP contribution in [0.25, 0.3) is 0 Å². The second-order valence-corrected chi connectivity index (χ2v) is 5.37. The fourth-order valence-corrected chi connectivity index (χ4v) is 2.20. The summed E-state index contributed by atoms with van der Waals surface area (Å²) in [4.78, 5) is 26.4. The van der Waals surface area contributed by atoms with E-state index in [4.69, 9.17) is 0 Å². The van der Waals surface area contributed by atoms with E-state index < -0.39 is 5.54 Å². The highest BCUT2D eigenvalue weighted by Crippen LogP contribution is 2.28. The van der Waals surface area contributed by atoms with Gasteiger partial charge in [-0.1, -0.05) is 12.1 Å². The van der Waals surface area contributed by atoms with Crippen LogP contribution in [0.15, 0.2) is 24.3 Å². The Labute approximate surface area is 107 Å². The Kier molecular flexibility index (Phi) is 2.89. The molecule has 18 heavy (non-hydrogen) atoms. The number of para-hydroxylation sites is 1. The predicted octanol–water partition coefficient (Wildman–Crippen LogP) is 1.95. The molecule has 2 amide bonds. The molecule has 96 valence electrons. The van der Waals surface area contributed by atoms with E-state index in [1.165, 1.54) is 0 Å². The standard InChI is InChI=1S/C14H18N2O2/c1-9(2)16-11-8-6-5-7-10(11)12(17)15-14(3,4)13(16)18/h5-9H,1-4H3,(H,15,17). The van der Waals surface area contributed by atoms with E-state index in [0.717, 1.165) is 0 Å². The van der Waals surface area contributed by atoms with Crippen molar-refractivity contribution in [1.29, 1.82) is 0 Å². The van der Waals surface area contributed by atoms with Crippen LogP contribution < -0.4 is 10.2 Å². The molecule has 1 aromatic carbocycles. The Morgan fingerprint density at radius 3 is 2.39 bits per heavy atom. The van der Waals surface area contributed by atoms with Gasteiger partial charge in [0.05, 0.1) is 11.3 Å². The number of carbonyl (C=O) groups excluding carboxylic acids is 2. The quantitative estimate of drug-likeness (QED) is 0.823. The van der Waals surface area contributed by atoms with Gasteiger partial charge in [0.1, 0.15) is 5.54 Å². The summed E-state index contributed by atoms with van der Waals surface area (Å²) in [6.07, 6.45) is 0. The highest BCUT2D eigenvalue weighted by atomic mass is 16.2. The smallest absolute Gasteiger partial charge is 0.254 e. The number of nitrogens with one attached hydrogen (secondary N) is 1. The van der Waals surface area contributed by atoms with E-state index in [0.29, 0.717) is 11.3 Å². The molecular weight excluding hydrogens is 228 g/mol. The van der Waals surface area contributed by atoms with E-state index in [1.807, 2.05) is 26.0 Å². The van der Waals surface area contributed by atoms with Crippen molar-refractivity contribution in [2.24, 2.45) is 0 Å². The molecule has 0 fully saturated rings. The van der Waals surface area contributed by atoms with Crippen LogP contribution in [0.4, 0.5) is 5.69 Å². The number of fused-ring (bicyclic) bond motifs is 1. The van der Waals surface area contributed by atoms with Crippen LogP contribution in [0.5, 0.6) is 0 Å². The largest absolute Gasteiger partial charge is 0.338 e. The Bertz CT molecular complexity index is 506. The third-order valence-electron chi connectivity index (χ3n) is 3.10. The van der Waals surface area contributed by atoms with Crippen molar-refractivity contribution in [3.63, 3.8) is 0 Å². The first-order chi connectivity index (χ1) is 8.34. The number of nitrogens with zero attached hydrogens (tertiary/aromatic N) is 1. The zero-order valence-electron chi connectivity index (χ0n) is 11.2. The van der Waals surface area contributed by atoms with Gasteiger partial charge in [0.25, 0.3) is 11.8 Å². The summed E-state index contributed by atoms with van der Waals surface area (Å²) in [5.74, 6) is -0.289. The van der Waals surface area contributed by atoms with Crippen LogP contribution in [-0.2, 0) is 4.79 Å². The van der Waals surface area contributed by atoms with Gasteiger partial charge in [-0.05, 0) is 39.8 Å². The van der Waals surface area contributed by atoms with Crippen LogP contribution >= 0.6 is 0 Å². The van der Waals surface area contributed by atoms with Crippen molar-refractivity contribution < 1.29 is 9.59 Å². The van der Waals surface area contributed by atoms with Crippen LogP contribution in [0.3, 0.4) is 0 Å². The Morgan fingerprint density at radius 2 is 1.78 bits per heavy atom. The molecule has 0 unspecified atom stereocenters. The first kappa shape index (κ1) is 12.6. The lowest BCUT2D eigenvalue weighted by atomic mass is 10.0. The molecule has 0 bridgehead atoms. The average Bonchev–Trinajstić information content (AvgIpc) is 2.34. The van der Waals surface area contributed by atoms with Gasteiger partial charge in [0.15, 0.2) is 0 Å². The van der Waals surface area contributed by atoms with Gasteiger partial charge in [0, 0.05) is 6.04 Å². The van der Waals surface area contributed by atoms with Gasteiger partial charge in [-0.15, -0.1) is 0 Å². The zero-order chi connectivity index (χ0) is 13.5. The maximum Gasteiger partial charge on any atom is 0.254 e. The fraction of sp³-hybridized carbons (Fsp3) is 0.429. The summed E-state index contributed by atoms with van der Waals surface area (Å²) in [5.41, 5.74) is 0.339. The van der Waals surface area contributed by atoms with Crippen LogP contribution in [0, 0.1) is 0 Å². The van der Waals surface area contributed by atoms with Gasteiger partial charge in [0.2, 0.25) is 0 Å². The van der Waals surface area contributed by atoms with Crippen molar-refractivity contribution >= 4 is 17.5 Å². The van der Waals surface area contributed by atoms with Gasteiger partial charge in [-0.3, -0.25) is 9.59 Å². The molecule has 1 heterocycles. The molecule has 0 saturated heterocycles. The molecular formula is C14H18N2O2. The number of carbonyl (C=O) groups is 2. The minimum Gasteiger partial charge on any atom is -0.338 e. The van der Waals surface area contributed by atoms with Gasteiger partial charge >= 0.3 is 0 Å². The minimum absolute atomic E-state index is 0.00521. The Balaban J connectivity index is 2.65. The molecule has 1 aromatic rings. The van der Waals surface area contributed by atoms with E-state index in [1.54, 1.807) is 30.9 Å². The van der Waals surface area contributed by atoms with E-state index in [2.05, 4.69) is 5.32 Å². The number of benzene rings is 1. The third-order valence-corrected chi connectivity index (χ3v) is 3.10. The first-order valence-electron chi connectivity index (χ1n) is 6.10. The number of anilines is 1. The molecule has 4 heteroatoms. The second kappa shape index (κ2) is 4.12. The van der Waals surface area contributed by atoms with Crippen molar-refractivity contribution in [2.75, 3.05) is 4.90 Å². The molecule has 0 radical (unpaired) electrons. The Hall–Kier alpha value is -1.84. The maximum absolute atomic E-state index is 12.5. The summed E-state index contributed by atoms with van der Waals surface area (Å²) >= 11 is 0. The maximum atomic E-state index is 12.5. The summed E-state index contributed by atoms with van der Waals surface area (Å²) in [7, 11) is 0. The molecule has 0 spiro atoms. The number of rotatable bonds is 1. The van der Waals surface area contributed by atoms with Crippen molar-refractivity contribution in [3.8, 4) is 0 Å². The van der Waals surface area contributed by atoms with E-state index >= 15 is 0 Å². The van der Waals surface area contributed by atoms with Gasteiger partial charge in [-0.2, -0.15) is 0 Å². The molecule has 0 aromatic heterocycles. The van der Waals surface area contributed by atoms with Gasteiger partial charge < -0.3 is 10.2 Å². The lowest BCUT2D eigenvalue weighted by molar-refractivity contribution is -0.123. The van der Waals surface area contributed by atoms with Crippen LogP contribution in [-0.4, -0.2) is 23.4 Å². The lowest BCUT2D eigenvalue weighted by Gasteiger charge is -2.32. The van der Waals surface area contributed by atoms with Crippen LogP contribution in [0.2, 0.25) is 0 Å². The molecule has 0 aliphatic carbocycles. The summed E-state index contributed by atoms with van der Waals surface area (Å²) in [6, 6.07) is 7.21. The molecule has 2 rings (SSSR count). The predicted molar refractivity (Wildman–Crippen MR) is 70.6 cm³/mol. The first-order valence-corrected chi connectivity index (χ1v) is 6.10. The van der Waals surface area contributed by atoms with Gasteiger partial charge in [-0.25, -0.2) is 0 Å². The second-order valence-electron chi connectivity index (χ2n) is 5.37. The molecule has 1 aliphatic heterocycles. The summed E-state index contributed by atoms with van der Waals surface area (Å²) in [6.45, 7) is 7.35. The van der Waals surface area contributed by atoms with Crippen molar-refractivity contribution in [2.45, 2.75) is 39.3 Å². The molecule has 0 atom stereocenters. The molecule has 1 aliphatic rings. The van der Waals surface area contributed by atoms with E-state index in [9.17, 15) is 9.59 Å². The molecule has 4 nitrogen and oxygen atoms in total. The zero-order valence-corrected chi connectivity index (χ0v) is 11.2. The minimum atomic E-state index is -0.889. The summed E-state index contributed by atoms with van der Waals surface area (Å²) in [5, 5.41) is 2.78. The SMILES string of the molecule is CC(C)N1C(=O)C(C)(C)NC(=O)c2ccccc21. The topological polar surface area (TPSA) is 49.4 Å². The number of hydrogen-bond donors (Lipinski definition) is 1. The summed E-state index contributed by atoms with van der Waals surface area (Å²) < 4.78 is 0. The van der Waals surface area contributed by atoms with Crippen molar-refractivity contribution in [1.82, 2.24) is 5.32 Å². The average molecular weight is 246 g/mol. The third kappa shape index (κ3) is 1.88. The normalized spacial score (nSPS) is 18.4. The highest BCUT2D eigenvalue weighted by Gasteiger charge is 2.40. The monoisotopic (exact) mass is 246 g/mol. The van der Waals surface area contributed by atoms with E-state index in [-0.39, 0.29) is 17.9 Å². The van der Waals surface area contributed by atoms with Crippen molar-refractivity contribution in [3.05, 3.63) is 29.8 Å². The van der Waals surface area contributed by atoms with Crippen LogP contribution in [0.1, 0.15) is 38.1 Å². The molecule has 0 saturated carbocycles.